The summed E-state index contributed by atoms with van der Waals surface area (Å²) in [6.07, 6.45) is 1.70. The number of carbonyl (C=O) groups excluding carboxylic acids is 1. The zero-order valence-electron chi connectivity index (χ0n) is 10.1. The third kappa shape index (κ3) is 1.77. The maximum Gasteiger partial charge on any atom is 0.254 e. The van der Waals surface area contributed by atoms with Gasteiger partial charge in [0.05, 0.1) is 19.3 Å². The lowest BCUT2D eigenvalue weighted by Crippen LogP contribution is -2.34. The van der Waals surface area contributed by atoms with Crippen LogP contribution in [0.3, 0.4) is 0 Å². The van der Waals surface area contributed by atoms with Crippen molar-refractivity contribution in [3.8, 4) is 6.07 Å². The van der Waals surface area contributed by atoms with Crippen LogP contribution >= 0.6 is 0 Å². The Kier molecular flexibility index (Phi) is 2.77. The topological polar surface area (TPSA) is 53.3 Å². The van der Waals surface area contributed by atoms with Crippen molar-refractivity contribution in [2.45, 2.75) is 32.1 Å². The molecule has 0 aliphatic carbocycles. The second kappa shape index (κ2) is 4.43. The van der Waals surface area contributed by atoms with E-state index in [0.717, 1.165) is 24.0 Å². The molecule has 0 aromatic heterocycles. The van der Waals surface area contributed by atoms with Crippen LogP contribution in [0.1, 0.15) is 34.3 Å². The van der Waals surface area contributed by atoms with Crippen LogP contribution in [0.15, 0.2) is 18.2 Å². The standard InChI is InChI=1S/C14H14N2O2/c15-7-13-2-1-5-16(13)14(17)10-3-4-11-8-18-9-12(11)6-10/h3-4,6,13H,1-2,5,8-9H2. The van der Waals surface area contributed by atoms with Gasteiger partial charge in [-0.1, -0.05) is 6.07 Å². The summed E-state index contributed by atoms with van der Waals surface area (Å²) in [6.45, 7) is 1.90. The molecule has 1 atom stereocenters. The monoisotopic (exact) mass is 242 g/mol. The van der Waals surface area contributed by atoms with E-state index in [0.29, 0.717) is 25.3 Å². The number of carbonyl (C=O) groups is 1. The molecule has 92 valence electrons. The molecule has 2 heterocycles. The van der Waals surface area contributed by atoms with Crippen LogP contribution in [0.5, 0.6) is 0 Å². The van der Waals surface area contributed by atoms with Crippen LogP contribution in [-0.2, 0) is 18.0 Å². The van der Waals surface area contributed by atoms with Crippen LogP contribution in [0.4, 0.5) is 0 Å². The van der Waals surface area contributed by atoms with Gasteiger partial charge in [0, 0.05) is 12.1 Å². The highest BCUT2D eigenvalue weighted by Crippen LogP contribution is 2.24. The van der Waals surface area contributed by atoms with E-state index in [1.165, 1.54) is 0 Å². The van der Waals surface area contributed by atoms with Gasteiger partial charge in [-0.15, -0.1) is 0 Å². The number of nitriles is 1. The van der Waals surface area contributed by atoms with Crippen molar-refractivity contribution < 1.29 is 9.53 Å². The Hall–Kier alpha value is -1.86. The number of ether oxygens (including phenoxy) is 1. The van der Waals surface area contributed by atoms with Gasteiger partial charge in [-0.05, 0) is 36.1 Å². The Labute approximate surface area is 106 Å². The Bertz CT molecular complexity index is 533. The average molecular weight is 242 g/mol. The highest BCUT2D eigenvalue weighted by atomic mass is 16.5. The van der Waals surface area contributed by atoms with E-state index in [2.05, 4.69) is 6.07 Å². The van der Waals surface area contributed by atoms with Crippen molar-refractivity contribution in [2.75, 3.05) is 6.54 Å². The first-order chi connectivity index (χ1) is 8.79. The molecule has 0 spiro atoms. The molecule has 0 bridgehead atoms. The maximum atomic E-state index is 12.4. The number of nitrogens with zero attached hydrogens (tertiary/aromatic N) is 2. The quantitative estimate of drug-likeness (QED) is 0.755. The number of amides is 1. The molecule has 18 heavy (non-hydrogen) atoms. The molecule has 1 saturated heterocycles. The lowest BCUT2D eigenvalue weighted by Gasteiger charge is -2.19. The number of likely N-dealkylation sites (tertiary alicyclic amines) is 1. The Balaban J connectivity index is 1.87. The van der Waals surface area contributed by atoms with E-state index < -0.39 is 0 Å². The van der Waals surface area contributed by atoms with Gasteiger partial charge in [-0.3, -0.25) is 4.79 Å². The minimum absolute atomic E-state index is 0.0336. The molecular weight excluding hydrogens is 228 g/mol. The van der Waals surface area contributed by atoms with Gasteiger partial charge in [0.15, 0.2) is 0 Å². The summed E-state index contributed by atoms with van der Waals surface area (Å²) in [6, 6.07) is 7.62. The smallest absolute Gasteiger partial charge is 0.254 e. The molecule has 2 aliphatic rings. The summed E-state index contributed by atoms with van der Waals surface area (Å²) in [5, 5.41) is 9.02. The van der Waals surface area contributed by atoms with E-state index >= 15 is 0 Å². The van der Waals surface area contributed by atoms with Crippen LogP contribution in [-0.4, -0.2) is 23.4 Å². The SMILES string of the molecule is N#CC1CCCN1C(=O)c1ccc2c(c1)COC2. The highest BCUT2D eigenvalue weighted by molar-refractivity contribution is 5.95. The molecule has 0 radical (unpaired) electrons. The zero-order valence-corrected chi connectivity index (χ0v) is 10.1. The van der Waals surface area contributed by atoms with Gasteiger partial charge in [-0.25, -0.2) is 0 Å². The van der Waals surface area contributed by atoms with Crippen LogP contribution < -0.4 is 0 Å². The van der Waals surface area contributed by atoms with Crippen molar-refractivity contribution in [2.24, 2.45) is 0 Å². The third-order valence-corrected chi connectivity index (χ3v) is 3.63. The Morgan fingerprint density at radius 3 is 3.06 bits per heavy atom. The van der Waals surface area contributed by atoms with Crippen LogP contribution in [0.2, 0.25) is 0 Å². The first-order valence-corrected chi connectivity index (χ1v) is 6.20. The molecule has 0 N–H and O–H groups in total. The maximum absolute atomic E-state index is 12.4. The zero-order chi connectivity index (χ0) is 12.5. The van der Waals surface area contributed by atoms with Gasteiger partial charge >= 0.3 is 0 Å². The first kappa shape index (κ1) is 11.2. The van der Waals surface area contributed by atoms with E-state index in [1.807, 2.05) is 18.2 Å². The number of hydrogen-bond donors (Lipinski definition) is 0. The second-order valence-electron chi connectivity index (χ2n) is 4.76. The van der Waals surface area contributed by atoms with Crippen molar-refractivity contribution in [1.82, 2.24) is 4.90 Å². The number of rotatable bonds is 1. The van der Waals surface area contributed by atoms with Gasteiger partial charge in [0.1, 0.15) is 6.04 Å². The van der Waals surface area contributed by atoms with Crippen LogP contribution in [0, 0.1) is 11.3 Å². The molecule has 4 heteroatoms. The van der Waals surface area contributed by atoms with E-state index in [-0.39, 0.29) is 11.9 Å². The predicted molar refractivity (Wildman–Crippen MR) is 64.6 cm³/mol. The van der Waals surface area contributed by atoms with Crippen LogP contribution in [0.25, 0.3) is 0 Å². The summed E-state index contributed by atoms with van der Waals surface area (Å²) in [5.74, 6) is -0.0336. The normalized spacial score (nSPS) is 21.7. The lowest BCUT2D eigenvalue weighted by atomic mass is 10.1. The molecule has 1 aromatic rings. The van der Waals surface area contributed by atoms with E-state index in [4.69, 9.17) is 10.00 Å². The summed E-state index contributed by atoms with van der Waals surface area (Å²) < 4.78 is 5.34. The van der Waals surface area contributed by atoms with Gasteiger partial charge in [0.2, 0.25) is 0 Å². The Morgan fingerprint density at radius 2 is 2.22 bits per heavy atom. The molecular formula is C14H14N2O2. The molecule has 4 nitrogen and oxygen atoms in total. The molecule has 1 aromatic carbocycles. The summed E-state index contributed by atoms with van der Waals surface area (Å²) >= 11 is 0. The molecule has 3 rings (SSSR count). The lowest BCUT2D eigenvalue weighted by molar-refractivity contribution is 0.0764. The fraction of sp³-hybridized carbons (Fsp3) is 0.429. The van der Waals surface area contributed by atoms with Gasteiger partial charge < -0.3 is 9.64 Å². The molecule has 1 unspecified atom stereocenters. The average Bonchev–Trinajstić information content (AvgIpc) is 3.05. The number of benzene rings is 1. The Morgan fingerprint density at radius 1 is 1.39 bits per heavy atom. The largest absolute Gasteiger partial charge is 0.372 e. The van der Waals surface area contributed by atoms with Gasteiger partial charge in [0.25, 0.3) is 5.91 Å². The summed E-state index contributed by atoms with van der Waals surface area (Å²) in [5.41, 5.74) is 2.92. The number of hydrogen-bond acceptors (Lipinski definition) is 3. The van der Waals surface area contributed by atoms with Crippen molar-refractivity contribution in [3.63, 3.8) is 0 Å². The molecule has 2 aliphatic heterocycles. The molecule has 1 fully saturated rings. The fourth-order valence-electron chi connectivity index (χ4n) is 2.61. The first-order valence-electron chi connectivity index (χ1n) is 6.20. The predicted octanol–water partition coefficient (Wildman–Crippen LogP) is 1.84. The summed E-state index contributed by atoms with van der Waals surface area (Å²) in [4.78, 5) is 14.0. The van der Waals surface area contributed by atoms with Gasteiger partial charge in [-0.2, -0.15) is 5.26 Å². The number of fused-ring (bicyclic) bond motifs is 1. The van der Waals surface area contributed by atoms with Crippen molar-refractivity contribution >= 4 is 5.91 Å². The molecule has 0 saturated carbocycles. The van der Waals surface area contributed by atoms with E-state index in [9.17, 15) is 4.79 Å². The van der Waals surface area contributed by atoms with Crippen molar-refractivity contribution in [1.29, 1.82) is 5.26 Å². The second-order valence-corrected chi connectivity index (χ2v) is 4.76. The third-order valence-electron chi connectivity index (χ3n) is 3.63. The minimum atomic E-state index is -0.262. The highest BCUT2D eigenvalue weighted by Gasteiger charge is 2.29. The fourth-order valence-corrected chi connectivity index (χ4v) is 2.61. The minimum Gasteiger partial charge on any atom is -0.372 e. The van der Waals surface area contributed by atoms with E-state index in [1.54, 1.807) is 4.90 Å². The summed E-state index contributed by atoms with van der Waals surface area (Å²) in [7, 11) is 0. The van der Waals surface area contributed by atoms with Crippen molar-refractivity contribution in [3.05, 3.63) is 34.9 Å². The molecule has 1 amide bonds.